The zero-order valence-electron chi connectivity index (χ0n) is 13.6. The number of H-pyrrole nitrogens is 1. The Morgan fingerprint density at radius 1 is 1.48 bits per heavy atom. The minimum atomic E-state index is -0.334. The molecule has 4 aliphatic heterocycles. The van der Waals surface area contributed by atoms with Crippen molar-refractivity contribution in [1.29, 1.82) is 5.26 Å². The molecule has 6 nitrogen and oxygen atoms in total. The maximum absolute atomic E-state index is 9.82. The van der Waals surface area contributed by atoms with Crippen molar-refractivity contribution in [3.8, 4) is 11.9 Å². The van der Waals surface area contributed by atoms with Gasteiger partial charge in [-0.25, -0.2) is 0 Å². The van der Waals surface area contributed by atoms with Gasteiger partial charge in [0.2, 0.25) is 11.8 Å². The van der Waals surface area contributed by atoms with Crippen molar-refractivity contribution in [3.05, 3.63) is 22.7 Å². The number of hydrogen-bond acceptors (Lipinski definition) is 5. The molecule has 1 atom stereocenters. The van der Waals surface area contributed by atoms with Gasteiger partial charge < -0.3 is 15.4 Å². The molecule has 0 aliphatic carbocycles. The van der Waals surface area contributed by atoms with Crippen molar-refractivity contribution >= 4 is 0 Å². The Kier molecular flexibility index (Phi) is 3.34. The number of fused-ring (bicyclic) bond motifs is 3. The van der Waals surface area contributed by atoms with Crippen LogP contribution in [-0.2, 0) is 11.8 Å². The Bertz CT molecular complexity index is 692. The zero-order chi connectivity index (χ0) is 16.0. The molecular formula is C17H23N5O. The monoisotopic (exact) mass is 313 g/mol. The van der Waals surface area contributed by atoms with Gasteiger partial charge in [-0.05, 0) is 44.7 Å². The van der Waals surface area contributed by atoms with E-state index in [1.807, 2.05) is 0 Å². The predicted octanol–water partition coefficient (Wildman–Crippen LogP) is 1.80. The van der Waals surface area contributed by atoms with Gasteiger partial charge in [-0.1, -0.05) is 13.3 Å². The maximum Gasteiger partial charge on any atom is 0.244 e. The second-order valence-corrected chi connectivity index (χ2v) is 6.96. The maximum atomic E-state index is 9.82. The number of aromatic nitrogens is 2. The smallest absolute Gasteiger partial charge is 0.244 e. The Morgan fingerprint density at radius 2 is 2.26 bits per heavy atom. The number of aromatic amines is 1. The standard InChI is InChI=1S/C17H23N5O/c1-2-3-4-13-14-16(21-20-13)23-15(19)12(9-18)17(14)10-22-7-5-11(17)6-8-22/h11H,2-8,10,19H2,1H3,(H,20,21). The third-order valence-electron chi connectivity index (χ3n) is 5.80. The summed E-state index contributed by atoms with van der Waals surface area (Å²) < 4.78 is 5.71. The van der Waals surface area contributed by atoms with Crippen molar-refractivity contribution in [2.24, 2.45) is 11.7 Å². The molecule has 3 saturated heterocycles. The first-order valence-corrected chi connectivity index (χ1v) is 8.59. The molecule has 1 aromatic heterocycles. The van der Waals surface area contributed by atoms with Crippen LogP contribution in [0.3, 0.4) is 0 Å². The summed E-state index contributed by atoms with van der Waals surface area (Å²) >= 11 is 0. The van der Waals surface area contributed by atoms with Crippen molar-refractivity contribution in [2.75, 3.05) is 19.6 Å². The number of unbranched alkanes of at least 4 members (excludes halogenated alkanes) is 1. The summed E-state index contributed by atoms with van der Waals surface area (Å²) in [5.41, 5.74) is 8.61. The SMILES string of the molecule is CCCCc1[nH]nc2c1C1(CN3CCC1CC3)C(C#N)=C(N)O2. The topological polar surface area (TPSA) is 91.0 Å². The fourth-order valence-electron chi connectivity index (χ4n) is 4.71. The molecule has 0 aromatic carbocycles. The molecule has 5 heterocycles. The molecule has 1 unspecified atom stereocenters. The number of rotatable bonds is 3. The fraction of sp³-hybridized carbons (Fsp3) is 0.647. The van der Waals surface area contributed by atoms with Crippen molar-refractivity contribution < 1.29 is 4.74 Å². The number of hydrogen-bond donors (Lipinski definition) is 2. The van der Waals surface area contributed by atoms with E-state index < -0.39 is 0 Å². The third-order valence-corrected chi connectivity index (χ3v) is 5.80. The minimum absolute atomic E-state index is 0.238. The number of nitrogens with two attached hydrogens (primary N) is 1. The van der Waals surface area contributed by atoms with Crippen LogP contribution in [0, 0.1) is 17.2 Å². The van der Waals surface area contributed by atoms with Crippen molar-refractivity contribution in [3.63, 3.8) is 0 Å². The molecule has 0 amide bonds. The van der Waals surface area contributed by atoms with Gasteiger partial charge in [0.25, 0.3) is 0 Å². The molecule has 122 valence electrons. The van der Waals surface area contributed by atoms with Crippen LogP contribution >= 0.6 is 0 Å². The van der Waals surface area contributed by atoms with E-state index in [0.29, 0.717) is 17.4 Å². The lowest BCUT2D eigenvalue weighted by molar-refractivity contribution is 0.0382. The van der Waals surface area contributed by atoms with E-state index in [1.165, 1.54) is 0 Å². The molecular weight excluding hydrogens is 290 g/mol. The van der Waals surface area contributed by atoms with Crippen molar-refractivity contribution in [1.82, 2.24) is 15.1 Å². The molecule has 0 saturated carbocycles. The predicted molar refractivity (Wildman–Crippen MR) is 85.5 cm³/mol. The molecule has 23 heavy (non-hydrogen) atoms. The van der Waals surface area contributed by atoms with E-state index in [4.69, 9.17) is 10.5 Å². The summed E-state index contributed by atoms with van der Waals surface area (Å²) in [6, 6.07) is 2.37. The van der Waals surface area contributed by atoms with E-state index in [2.05, 4.69) is 28.1 Å². The lowest BCUT2D eigenvalue weighted by Crippen LogP contribution is -2.59. The minimum Gasteiger partial charge on any atom is -0.420 e. The first kappa shape index (κ1) is 14.6. The van der Waals surface area contributed by atoms with Gasteiger partial charge in [-0.3, -0.25) is 5.10 Å². The van der Waals surface area contributed by atoms with Gasteiger partial charge in [0, 0.05) is 12.2 Å². The van der Waals surface area contributed by atoms with E-state index >= 15 is 0 Å². The Labute approximate surface area is 136 Å². The number of aryl methyl sites for hydroxylation is 1. The van der Waals surface area contributed by atoms with Gasteiger partial charge in [0.05, 0.1) is 11.0 Å². The summed E-state index contributed by atoms with van der Waals surface area (Å²) in [4.78, 5) is 2.45. The number of piperidine rings is 3. The van der Waals surface area contributed by atoms with Crippen LogP contribution in [0.5, 0.6) is 5.88 Å². The third kappa shape index (κ3) is 1.93. The number of ether oxygens (including phenoxy) is 1. The molecule has 3 fully saturated rings. The van der Waals surface area contributed by atoms with Crippen LogP contribution in [0.1, 0.15) is 43.9 Å². The first-order chi connectivity index (χ1) is 11.2. The Balaban J connectivity index is 1.89. The summed E-state index contributed by atoms with van der Waals surface area (Å²) in [5.74, 6) is 1.27. The van der Waals surface area contributed by atoms with E-state index in [-0.39, 0.29) is 11.3 Å². The molecule has 1 spiro atoms. The second kappa shape index (κ2) is 5.27. The van der Waals surface area contributed by atoms with Crippen molar-refractivity contribution in [2.45, 2.75) is 44.4 Å². The fourth-order valence-corrected chi connectivity index (χ4v) is 4.71. The quantitative estimate of drug-likeness (QED) is 0.888. The summed E-state index contributed by atoms with van der Waals surface area (Å²) in [5, 5.41) is 17.4. The first-order valence-electron chi connectivity index (χ1n) is 8.59. The summed E-state index contributed by atoms with van der Waals surface area (Å²) in [7, 11) is 0. The van der Waals surface area contributed by atoms with E-state index in [0.717, 1.165) is 63.0 Å². The molecule has 2 bridgehead atoms. The number of nitrogens with one attached hydrogen (secondary N) is 1. The number of nitriles is 1. The van der Waals surface area contributed by atoms with Gasteiger partial charge in [-0.15, -0.1) is 5.10 Å². The average Bonchev–Trinajstić information content (AvgIpc) is 2.97. The van der Waals surface area contributed by atoms with Gasteiger partial charge >= 0.3 is 0 Å². The van der Waals surface area contributed by atoms with Crippen LogP contribution in [0.2, 0.25) is 0 Å². The van der Waals surface area contributed by atoms with Gasteiger partial charge in [-0.2, -0.15) is 5.26 Å². The van der Waals surface area contributed by atoms with Gasteiger partial charge in [0.15, 0.2) is 0 Å². The van der Waals surface area contributed by atoms with Crippen LogP contribution in [-0.4, -0.2) is 34.7 Å². The Morgan fingerprint density at radius 3 is 2.87 bits per heavy atom. The summed E-state index contributed by atoms with van der Waals surface area (Å²) in [6.07, 6.45) is 5.38. The molecule has 0 radical (unpaired) electrons. The van der Waals surface area contributed by atoms with Crippen LogP contribution in [0.25, 0.3) is 0 Å². The summed E-state index contributed by atoms with van der Waals surface area (Å²) in [6.45, 7) is 5.27. The normalized spacial score (nSPS) is 31.8. The highest BCUT2D eigenvalue weighted by Gasteiger charge is 2.56. The van der Waals surface area contributed by atoms with E-state index in [9.17, 15) is 5.26 Å². The van der Waals surface area contributed by atoms with E-state index in [1.54, 1.807) is 0 Å². The average molecular weight is 313 g/mol. The van der Waals surface area contributed by atoms with Crippen LogP contribution in [0.4, 0.5) is 0 Å². The molecule has 4 aliphatic rings. The molecule has 1 aromatic rings. The second-order valence-electron chi connectivity index (χ2n) is 6.96. The highest BCUT2D eigenvalue weighted by molar-refractivity contribution is 5.56. The van der Waals surface area contributed by atoms with Crippen LogP contribution < -0.4 is 10.5 Å². The Hall–Kier alpha value is -2.00. The number of nitrogens with zero attached hydrogens (tertiary/aromatic N) is 3. The largest absolute Gasteiger partial charge is 0.420 e. The molecule has 3 N–H and O–H groups in total. The molecule has 5 rings (SSSR count). The highest BCUT2D eigenvalue weighted by Crippen LogP contribution is 2.54. The lowest BCUT2D eigenvalue weighted by atomic mass is 9.58. The zero-order valence-corrected chi connectivity index (χ0v) is 13.6. The molecule has 6 heteroatoms. The van der Waals surface area contributed by atoms with Gasteiger partial charge in [0.1, 0.15) is 11.6 Å². The van der Waals surface area contributed by atoms with Crippen LogP contribution in [0.15, 0.2) is 11.5 Å². The highest BCUT2D eigenvalue weighted by atomic mass is 16.5. The lowest BCUT2D eigenvalue weighted by Gasteiger charge is -2.54.